The van der Waals surface area contributed by atoms with Gasteiger partial charge in [-0.05, 0) is 6.07 Å². The lowest BCUT2D eigenvalue weighted by Crippen LogP contribution is -2.47. The summed E-state index contributed by atoms with van der Waals surface area (Å²) in [5, 5.41) is 2.66. The van der Waals surface area contributed by atoms with Gasteiger partial charge in [-0.1, -0.05) is 19.9 Å². The Morgan fingerprint density at radius 2 is 2.22 bits per heavy atom. The van der Waals surface area contributed by atoms with E-state index in [1.165, 1.54) is 13.2 Å². The van der Waals surface area contributed by atoms with E-state index in [0.29, 0.717) is 11.3 Å². The first-order valence-electron chi connectivity index (χ1n) is 5.71. The Morgan fingerprint density at radius 3 is 2.83 bits per heavy atom. The summed E-state index contributed by atoms with van der Waals surface area (Å²) in [5.74, 6) is 0.0575. The SMILES string of the molecule is COc1ccc([C@H]2NC(=O)OCC2(C)C)c(F)c1. The van der Waals surface area contributed by atoms with E-state index in [4.69, 9.17) is 9.47 Å². The molecule has 1 aromatic rings. The van der Waals surface area contributed by atoms with Crippen LogP contribution in [0.25, 0.3) is 0 Å². The van der Waals surface area contributed by atoms with Gasteiger partial charge in [0.15, 0.2) is 0 Å². The van der Waals surface area contributed by atoms with Crippen LogP contribution in [0.5, 0.6) is 5.75 Å². The Bertz CT molecular complexity index is 473. The van der Waals surface area contributed by atoms with Crippen LogP contribution < -0.4 is 10.1 Å². The van der Waals surface area contributed by atoms with Crippen LogP contribution in [0.4, 0.5) is 9.18 Å². The van der Waals surface area contributed by atoms with E-state index in [-0.39, 0.29) is 12.0 Å². The van der Waals surface area contributed by atoms with Gasteiger partial charge in [0.25, 0.3) is 0 Å². The van der Waals surface area contributed by atoms with Crippen LogP contribution >= 0.6 is 0 Å². The van der Waals surface area contributed by atoms with Gasteiger partial charge < -0.3 is 14.8 Å². The van der Waals surface area contributed by atoms with Gasteiger partial charge in [0.2, 0.25) is 0 Å². The molecule has 1 fully saturated rings. The van der Waals surface area contributed by atoms with E-state index >= 15 is 0 Å². The monoisotopic (exact) mass is 253 g/mol. The third-order valence-corrected chi connectivity index (χ3v) is 3.14. The van der Waals surface area contributed by atoms with Crippen molar-refractivity contribution in [2.24, 2.45) is 5.41 Å². The average Bonchev–Trinajstić information content (AvgIpc) is 2.32. The Morgan fingerprint density at radius 1 is 1.50 bits per heavy atom. The fraction of sp³-hybridized carbons (Fsp3) is 0.462. The van der Waals surface area contributed by atoms with Crippen LogP contribution in [-0.4, -0.2) is 19.8 Å². The molecule has 98 valence electrons. The minimum atomic E-state index is -0.519. The number of hydrogen-bond acceptors (Lipinski definition) is 3. The summed E-state index contributed by atoms with van der Waals surface area (Å²) in [7, 11) is 1.48. The van der Waals surface area contributed by atoms with Crippen LogP contribution in [0, 0.1) is 11.2 Å². The number of cyclic esters (lactones) is 1. The van der Waals surface area contributed by atoms with E-state index in [9.17, 15) is 9.18 Å². The quantitative estimate of drug-likeness (QED) is 0.881. The molecule has 0 aliphatic carbocycles. The second-order valence-corrected chi connectivity index (χ2v) is 5.03. The molecule has 18 heavy (non-hydrogen) atoms. The van der Waals surface area contributed by atoms with Crippen molar-refractivity contribution in [2.45, 2.75) is 19.9 Å². The van der Waals surface area contributed by atoms with Crippen molar-refractivity contribution in [3.8, 4) is 5.75 Å². The zero-order valence-electron chi connectivity index (χ0n) is 10.6. The Hall–Kier alpha value is -1.78. The van der Waals surface area contributed by atoms with Gasteiger partial charge in [-0.15, -0.1) is 0 Å². The number of carbonyl (C=O) groups is 1. The molecule has 0 unspecified atom stereocenters. The summed E-state index contributed by atoms with van der Waals surface area (Å²) >= 11 is 0. The molecule has 1 aromatic carbocycles. The van der Waals surface area contributed by atoms with Gasteiger partial charge in [0.1, 0.15) is 18.2 Å². The highest BCUT2D eigenvalue weighted by Crippen LogP contribution is 2.38. The van der Waals surface area contributed by atoms with Crippen molar-refractivity contribution < 1.29 is 18.7 Å². The summed E-state index contributed by atoms with van der Waals surface area (Å²) in [4.78, 5) is 11.3. The number of carbonyl (C=O) groups excluding carboxylic acids is 1. The minimum Gasteiger partial charge on any atom is -0.497 e. The van der Waals surface area contributed by atoms with Crippen molar-refractivity contribution in [3.05, 3.63) is 29.6 Å². The molecule has 1 N–H and O–H groups in total. The molecular formula is C13H16FNO3. The molecule has 1 saturated heterocycles. The molecule has 0 radical (unpaired) electrons. The van der Waals surface area contributed by atoms with Crippen molar-refractivity contribution >= 4 is 6.09 Å². The number of rotatable bonds is 2. The normalized spacial score (nSPS) is 22.0. The number of hydrogen-bond donors (Lipinski definition) is 1. The number of halogens is 1. The first-order valence-corrected chi connectivity index (χ1v) is 5.71. The summed E-state index contributed by atoms with van der Waals surface area (Å²) in [5.41, 5.74) is 0.0704. The van der Waals surface area contributed by atoms with Crippen molar-refractivity contribution in [1.82, 2.24) is 5.32 Å². The van der Waals surface area contributed by atoms with Crippen LogP contribution in [-0.2, 0) is 4.74 Å². The second kappa shape index (κ2) is 4.48. The van der Waals surface area contributed by atoms with Crippen LogP contribution in [0.15, 0.2) is 18.2 Å². The molecule has 5 heteroatoms. The zero-order valence-corrected chi connectivity index (χ0v) is 10.6. The van der Waals surface area contributed by atoms with Gasteiger partial charge in [-0.25, -0.2) is 9.18 Å². The number of methoxy groups -OCH3 is 1. The zero-order chi connectivity index (χ0) is 13.3. The third kappa shape index (κ3) is 2.25. The fourth-order valence-electron chi connectivity index (χ4n) is 2.06. The molecule has 0 saturated carbocycles. The molecule has 1 amide bonds. The topological polar surface area (TPSA) is 47.6 Å². The molecule has 1 aliphatic rings. The lowest BCUT2D eigenvalue weighted by Gasteiger charge is -2.38. The van der Waals surface area contributed by atoms with E-state index < -0.39 is 18.0 Å². The molecule has 1 heterocycles. The maximum atomic E-state index is 14.0. The third-order valence-electron chi connectivity index (χ3n) is 3.14. The summed E-state index contributed by atoms with van der Waals surface area (Å²) in [6.45, 7) is 4.09. The highest BCUT2D eigenvalue weighted by molar-refractivity contribution is 5.69. The maximum Gasteiger partial charge on any atom is 0.407 e. The predicted molar refractivity (Wildman–Crippen MR) is 64.0 cm³/mol. The predicted octanol–water partition coefficient (Wildman–Crippen LogP) is 2.64. The first kappa shape index (κ1) is 12.7. The number of nitrogens with one attached hydrogen (secondary N) is 1. The van der Waals surface area contributed by atoms with E-state index in [2.05, 4.69) is 5.32 Å². The smallest absolute Gasteiger partial charge is 0.407 e. The number of ether oxygens (including phenoxy) is 2. The highest BCUT2D eigenvalue weighted by atomic mass is 19.1. The summed E-state index contributed by atoms with van der Waals surface area (Å²) in [6.07, 6.45) is -0.519. The molecule has 1 atom stereocenters. The van der Waals surface area contributed by atoms with Crippen LogP contribution in [0.2, 0.25) is 0 Å². The fourth-order valence-corrected chi connectivity index (χ4v) is 2.06. The minimum absolute atomic E-state index is 0.259. The molecular weight excluding hydrogens is 237 g/mol. The van der Waals surface area contributed by atoms with Gasteiger partial charge in [0.05, 0.1) is 13.2 Å². The lowest BCUT2D eigenvalue weighted by atomic mass is 9.80. The molecule has 0 spiro atoms. The Balaban J connectivity index is 2.37. The maximum absolute atomic E-state index is 14.0. The number of benzene rings is 1. The molecule has 4 nitrogen and oxygen atoms in total. The second-order valence-electron chi connectivity index (χ2n) is 5.03. The van der Waals surface area contributed by atoms with Gasteiger partial charge in [0, 0.05) is 17.0 Å². The summed E-state index contributed by atoms with van der Waals surface area (Å²) < 4.78 is 23.9. The van der Waals surface area contributed by atoms with Gasteiger partial charge >= 0.3 is 6.09 Å². The van der Waals surface area contributed by atoms with Gasteiger partial charge in [-0.3, -0.25) is 0 Å². The summed E-state index contributed by atoms with van der Waals surface area (Å²) in [6, 6.07) is 4.21. The van der Waals surface area contributed by atoms with Crippen molar-refractivity contribution in [3.63, 3.8) is 0 Å². The number of alkyl carbamates (subject to hydrolysis) is 1. The lowest BCUT2D eigenvalue weighted by molar-refractivity contribution is 0.0377. The number of amides is 1. The first-order chi connectivity index (χ1) is 8.44. The average molecular weight is 253 g/mol. The van der Waals surface area contributed by atoms with Crippen LogP contribution in [0.3, 0.4) is 0 Å². The van der Waals surface area contributed by atoms with Gasteiger partial charge in [-0.2, -0.15) is 0 Å². The highest BCUT2D eigenvalue weighted by Gasteiger charge is 2.39. The van der Waals surface area contributed by atoms with Crippen molar-refractivity contribution in [1.29, 1.82) is 0 Å². The van der Waals surface area contributed by atoms with Crippen molar-refractivity contribution in [2.75, 3.05) is 13.7 Å². The standard InChI is InChI=1S/C13H16FNO3/c1-13(2)7-18-12(16)15-11(13)9-5-4-8(17-3)6-10(9)14/h4-6,11H,7H2,1-3H3,(H,15,16)/t11-/m1/s1. The van der Waals surface area contributed by atoms with E-state index in [0.717, 1.165) is 0 Å². The largest absolute Gasteiger partial charge is 0.497 e. The van der Waals surface area contributed by atoms with E-state index in [1.54, 1.807) is 12.1 Å². The Labute approximate surface area is 105 Å². The van der Waals surface area contributed by atoms with Crippen LogP contribution in [0.1, 0.15) is 25.5 Å². The molecule has 0 bridgehead atoms. The molecule has 2 rings (SSSR count). The Kier molecular flexibility index (Phi) is 3.15. The molecule has 1 aliphatic heterocycles. The molecule has 0 aromatic heterocycles. The van der Waals surface area contributed by atoms with E-state index in [1.807, 2.05) is 13.8 Å².